The lowest BCUT2D eigenvalue weighted by Crippen LogP contribution is -2.05. The Hall–Kier alpha value is 0.700. The first kappa shape index (κ1) is 18.7. The van der Waals surface area contributed by atoms with Crippen LogP contribution in [-0.4, -0.2) is 10.5 Å². The van der Waals surface area contributed by atoms with E-state index in [4.69, 9.17) is 0 Å². The van der Waals surface area contributed by atoms with Crippen LogP contribution in [-0.2, 0) is 0 Å². The van der Waals surface area contributed by atoms with E-state index in [9.17, 15) is 0 Å². The van der Waals surface area contributed by atoms with Gasteiger partial charge in [-0.15, -0.1) is 0 Å². The molecule has 0 rings (SSSR count). The van der Waals surface area contributed by atoms with E-state index < -0.39 is 0 Å². The Labute approximate surface area is 127 Å². The zero-order valence-electron chi connectivity index (χ0n) is 12.5. The number of thiol groups is 2. The molecule has 0 saturated carbocycles. The first-order valence-corrected chi connectivity index (χ1v) is 9.06. The maximum atomic E-state index is 4.61. The molecule has 0 N–H and O–H groups in total. The molecule has 2 atom stereocenters. The Bertz CT molecular complexity index is 157. The van der Waals surface area contributed by atoms with Crippen LogP contribution in [0.5, 0.6) is 0 Å². The van der Waals surface area contributed by atoms with E-state index in [2.05, 4.69) is 39.1 Å². The number of unbranched alkanes of at least 4 members (excludes halogenated alkanes) is 9. The van der Waals surface area contributed by atoms with Gasteiger partial charge in [0, 0.05) is 5.25 Å². The van der Waals surface area contributed by atoms with Crippen molar-refractivity contribution in [2.24, 2.45) is 0 Å². The van der Waals surface area contributed by atoms with Crippen molar-refractivity contribution in [2.45, 2.75) is 101 Å². The van der Waals surface area contributed by atoms with E-state index in [0.29, 0.717) is 10.5 Å². The third-order valence-corrected chi connectivity index (χ3v) is 4.18. The normalized spacial score (nSPS) is 14.7. The summed E-state index contributed by atoms with van der Waals surface area (Å²) in [5.41, 5.74) is 0. The lowest BCUT2D eigenvalue weighted by Gasteiger charge is -2.12. The molecule has 0 nitrogen and oxygen atoms in total. The van der Waals surface area contributed by atoms with Gasteiger partial charge in [0.05, 0.1) is 0 Å². The molecule has 0 aromatic heterocycles. The highest BCUT2D eigenvalue weighted by atomic mass is 32.1. The maximum Gasteiger partial charge on any atom is 0.00271 e. The summed E-state index contributed by atoms with van der Waals surface area (Å²) in [6.45, 7) is 4.44. The summed E-state index contributed by atoms with van der Waals surface area (Å²) >= 11 is 9.03. The Morgan fingerprint density at radius 1 is 0.722 bits per heavy atom. The molecule has 0 aromatic rings. The van der Waals surface area contributed by atoms with Crippen LogP contribution in [0, 0.1) is 0 Å². The van der Waals surface area contributed by atoms with Crippen LogP contribution in [0.25, 0.3) is 0 Å². The van der Waals surface area contributed by atoms with Crippen LogP contribution < -0.4 is 0 Å². The molecule has 2 heteroatoms. The molecule has 0 fully saturated rings. The first-order chi connectivity index (χ1) is 8.66. The van der Waals surface area contributed by atoms with Crippen LogP contribution >= 0.6 is 25.3 Å². The van der Waals surface area contributed by atoms with Crippen LogP contribution in [0.4, 0.5) is 0 Å². The van der Waals surface area contributed by atoms with Crippen molar-refractivity contribution >= 4 is 25.3 Å². The second-order valence-corrected chi connectivity index (χ2v) is 7.32. The first-order valence-electron chi connectivity index (χ1n) is 8.03. The molecule has 0 radical (unpaired) electrons. The van der Waals surface area contributed by atoms with E-state index in [1.165, 1.54) is 70.6 Å². The Kier molecular flexibility index (Phi) is 14.7. The molecule has 0 amide bonds. The minimum absolute atomic E-state index is 0.496. The van der Waals surface area contributed by atoms with Crippen molar-refractivity contribution in [1.29, 1.82) is 0 Å². The van der Waals surface area contributed by atoms with E-state index in [1.54, 1.807) is 0 Å². The van der Waals surface area contributed by atoms with E-state index in [0.717, 1.165) is 6.42 Å². The number of hydrogen-bond donors (Lipinski definition) is 2. The number of hydrogen-bond acceptors (Lipinski definition) is 2. The van der Waals surface area contributed by atoms with Gasteiger partial charge in [0.15, 0.2) is 0 Å². The highest BCUT2D eigenvalue weighted by Crippen LogP contribution is 2.17. The van der Waals surface area contributed by atoms with E-state index >= 15 is 0 Å². The summed E-state index contributed by atoms with van der Waals surface area (Å²) in [6, 6.07) is 0. The second kappa shape index (κ2) is 14.1. The fourth-order valence-corrected chi connectivity index (χ4v) is 3.30. The average Bonchev–Trinajstić information content (AvgIpc) is 2.30. The topological polar surface area (TPSA) is 0 Å². The zero-order chi connectivity index (χ0) is 13.6. The minimum atomic E-state index is 0.496. The summed E-state index contributed by atoms with van der Waals surface area (Å²) in [5, 5.41) is 1.06. The Morgan fingerprint density at radius 3 is 1.61 bits per heavy atom. The molecule has 0 spiro atoms. The third kappa shape index (κ3) is 14.8. The van der Waals surface area contributed by atoms with Gasteiger partial charge >= 0.3 is 0 Å². The highest BCUT2D eigenvalue weighted by Gasteiger charge is 2.05. The van der Waals surface area contributed by atoms with Gasteiger partial charge in [-0.3, -0.25) is 0 Å². The van der Waals surface area contributed by atoms with Crippen LogP contribution in [0.2, 0.25) is 0 Å². The lowest BCUT2D eigenvalue weighted by atomic mass is 10.0. The monoisotopic (exact) mass is 290 g/mol. The van der Waals surface area contributed by atoms with Crippen molar-refractivity contribution in [3.8, 4) is 0 Å². The molecular weight excluding hydrogens is 256 g/mol. The molecular formula is C16H34S2. The van der Waals surface area contributed by atoms with Gasteiger partial charge in [-0.25, -0.2) is 0 Å². The van der Waals surface area contributed by atoms with Gasteiger partial charge in [-0.2, -0.15) is 25.3 Å². The molecule has 0 saturated heterocycles. The Morgan fingerprint density at radius 2 is 1.17 bits per heavy atom. The van der Waals surface area contributed by atoms with Crippen LogP contribution in [0.3, 0.4) is 0 Å². The van der Waals surface area contributed by atoms with E-state index in [1.807, 2.05) is 0 Å². The molecule has 0 aliphatic heterocycles. The maximum absolute atomic E-state index is 4.61. The van der Waals surface area contributed by atoms with Crippen molar-refractivity contribution in [3.63, 3.8) is 0 Å². The highest BCUT2D eigenvalue weighted by molar-refractivity contribution is 7.81. The van der Waals surface area contributed by atoms with Crippen molar-refractivity contribution in [3.05, 3.63) is 0 Å². The summed E-state index contributed by atoms with van der Waals surface area (Å²) in [5.74, 6) is 0. The summed E-state index contributed by atoms with van der Waals surface area (Å²) in [4.78, 5) is 0. The molecule has 0 aliphatic carbocycles. The minimum Gasteiger partial charge on any atom is -0.176 e. The van der Waals surface area contributed by atoms with Gasteiger partial charge < -0.3 is 0 Å². The van der Waals surface area contributed by atoms with Gasteiger partial charge in [0.1, 0.15) is 0 Å². The van der Waals surface area contributed by atoms with E-state index in [-0.39, 0.29) is 0 Å². The predicted molar refractivity (Wildman–Crippen MR) is 92.3 cm³/mol. The van der Waals surface area contributed by atoms with Crippen LogP contribution in [0.1, 0.15) is 90.9 Å². The summed E-state index contributed by atoms with van der Waals surface area (Å²) in [6.07, 6.45) is 16.6. The fourth-order valence-electron chi connectivity index (χ4n) is 2.38. The zero-order valence-corrected chi connectivity index (χ0v) is 14.3. The van der Waals surface area contributed by atoms with Gasteiger partial charge in [0.2, 0.25) is 0 Å². The molecule has 0 aromatic carbocycles. The van der Waals surface area contributed by atoms with Crippen molar-refractivity contribution in [2.75, 3.05) is 0 Å². The number of rotatable bonds is 13. The molecule has 2 unspecified atom stereocenters. The van der Waals surface area contributed by atoms with Gasteiger partial charge in [-0.1, -0.05) is 78.1 Å². The smallest absolute Gasteiger partial charge is 0.00271 e. The molecule has 18 heavy (non-hydrogen) atoms. The average molecular weight is 291 g/mol. The molecule has 110 valence electrons. The van der Waals surface area contributed by atoms with Gasteiger partial charge in [0.25, 0.3) is 0 Å². The van der Waals surface area contributed by atoms with Gasteiger partial charge in [-0.05, 0) is 18.1 Å². The standard InChI is InChI=1S/C16H34S2/c1-3-4-5-6-7-8-9-10-11-12-13-16(18)14-15(2)17/h15-18H,3-14H2,1-2H3. The summed E-state index contributed by atoms with van der Waals surface area (Å²) in [7, 11) is 0. The molecule has 0 aliphatic rings. The largest absolute Gasteiger partial charge is 0.176 e. The SMILES string of the molecule is CCCCCCCCCCCCC(S)CC(C)S. The fraction of sp³-hybridized carbons (Fsp3) is 1.00. The predicted octanol–water partition coefficient (Wildman–Crippen LogP) is 6.30. The second-order valence-electron chi connectivity index (χ2n) is 5.71. The molecule has 0 bridgehead atoms. The Balaban J connectivity index is 3.07. The van der Waals surface area contributed by atoms with Crippen LogP contribution in [0.15, 0.2) is 0 Å². The lowest BCUT2D eigenvalue weighted by molar-refractivity contribution is 0.543. The van der Waals surface area contributed by atoms with Crippen molar-refractivity contribution < 1.29 is 0 Å². The quantitative estimate of drug-likeness (QED) is 0.288. The summed E-state index contributed by atoms with van der Waals surface area (Å²) < 4.78 is 0. The van der Waals surface area contributed by atoms with Crippen molar-refractivity contribution in [1.82, 2.24) is 0 Å². The molecule has 0 heterocycles. The third-order valence-electron chi connectivity index (χ3n) is 3.50.